The molecule has 98 valence electrons. The topological polar surface area (TPSA) is 92.4 Å². The number of hydrogen-bond acceptors (Lipinski definition) is 3. The number of aliphatic carboxylic acids is 1. The summed E-state index contributed by atoms with van der Waals surface area (Å²) in [6.07, 6.45) is 4.75. The molecule has 1 heterocycles. The van der Waals surface area contributed by atoms with Crippen molar-refractivity contribution >= 4 is 17.6 Å². The number of fused-ring (bicyclic) bond motifs is 3. The van der Waals surface area contributed by atoms with Crippen molar-refractivity contribution < 1.29 is 14.7 Å². The molecule has 3 rings (SSSR count). The fraction of sp³-hybridized carbons (Fsp3) is 0.286. The molecule has 1 aliphatic heterocycles. The lowest BCUT2D eigenvalue weighted by Gasteiger charge is -2.35. The Kier molecular flexibility index (Phi) is 2.55. The lowest BCUT2D eigenvalue weighted by Crippen LogP contribution is -2.42. The first kappa shape index (κ1) is 11.8. The maximum Gasteiger partial charge on any atom is 0.326 e. The number of anilines is 1. The second-order valence-corrected chi connectivity index (χ2v) is 4.95. The maximum atomic E-state index is 11.5. The van der Waals surface area contributed by atoms with Crippen molar-refractivity contribution in [1.29, 1.82) is 0 Å². The molecule has 3 atom stereocenters. The summed E-state index contributed by atoms with van der Waals surface area (Å²) in [6.45, 7) is 0. The Balaban J connectivity index is 2.15. The first-order valence-electron chi connectivity index (χ1n) is 6.18. The van der Waals surface area contributed by atoms with Gasteiger partial charge in [0.1, 0.15) is 6.04 Å². The van der Waals surface area contributed by atoms with E-state index in [1.165, 1.54) is 0 Å². The van der Waals surface area contributed by atoms with E-state index in [0.29, 0.717) is 11.3 Å². The number of primary amides is 1. The van der Waals surface area contributed by atoms with E-state index in [4.69, 9.17) is 5.73 Å². The fourth-order valence-electron chi connectivity index (χ4n) is 3.07. The van der Waals surface area contributed by atoms with Crippen molar-refractivity contribution in [3.63, 3.8) is 0 Å². The number of nitrogens with two attached hydrogens (primary N) is 1. The van der Waals surface area contributed by atoms with Gasteiger partial charge in [-0.3, -0.25) is 4.79 Å². The number of hydrogen-bond donors (Lipinski definition) is 3. The summed E-state index contributed by atoms with van der Waals surface area (Å²) < 4.78 is 0. The normalized spacial score (nSPS) is 27.3. The third-order valence-corrected chi connectivity index (χ3v) is 3.93. The second kappa shape index (κ2) is 4.12. The Morgan fingerprint density at radius 1 is 1.37 bits per heavy atom. The maximum absolute atomic E-state index is 11.5. The van der Waals surface area contributed by atoms with E-state index < -0.39 is 17.9 Å². The van der Waals surface area contributed by atoms with Crippen LogP contribution < -0.4 is 11.1 Å². The Bertz CT molecular complexity index is 594. The monoisotopic (exact) mass is 258 g/mol. The molecule has 0 aromatic heterocycles. The van der Waals surface area contributed by atoms with Gasteiger partial charge >= 0.3 is 5.97 Å². The SMILES string of the molecule is NC(=O)c1cccc2c1NC(C(=O)O)C1CC=CC21. The number of benzene rings is 1. The van der Waals surface area contributed by atoms with Gasteiger partial charge in [-0.25, -0.2) is 4.79 Å². The zero-order valence-electron chi connectivity index (χ0n) is 10.2. The molecule has 0 radical (unpaired) electrons. The van der Waals surface area contributed by atoms with E-state index in [0.717, 1.165) is 12.0 Å². The molecular weight excluding hydrogens is 244 g/mol. The third-order valence-electron chi connectivity index (χ3n) is 3.93. The Morgan fingerprint density at radius 2 is 2.16 bits per heavy atom. The van der Waals surface area contributed by atoms with Gasteiger partial charge in [-0.1, -0.05) is 24.3 Å². The van der Waals surface area contributed by atoms with Crippen LogP contribution in [0.4, 0.5) is 5.69 Å². The highest BCUT2D eigenvalue weighted by Gasteiger charge is 2.41. The number of amides is 1. The summed E-state index contributed by atoms with van der Waals surface area (Å²) in [6, 6.07) is 4.63. The van der Waals surface area contributed by atoms with E-state index in [1.807, 2.05) is 18.2 Å². The van der Waals surface area contributed by atoms with E-state index in [9.17, 15) is 14.7 Å². The van der Waals surface area contributed by atoms with Crippen LogP contribution in [0.25, 0.3) is 0 Å². The van der Waals surface area contributed by atoms with Crippen molar-refractivity contribution in [2.75, 3.05) is 5.32 Å². The molecular formula is C14H14N2O3. The summed E-state index contributed by atoms with van der Waals surface area (Å²) in [7, 11) is 0. The van der Waals surface area contributed by atoms with Gasteiger partial charge in [-0.15, -0.1) is 0 Å². The van der Waals surface area contributed by atoms with Crippen LogP contribution in [-0.2, 0) is 4.79 Å². The predicted molar refractivity (Wildman–Crippen MR) is 70.0 cm³/mol. The Labute approximate surface area is 110 Å². The van der Waals surface area contributed by atoms with E-state index >= 15 is 0 Å². The zero-order valence-corrected chi connectivity index (χ0v) is 10.2. The minimum atomic E-state index is -0.899. The summed E-state index contributed by atoms with van der Waals surface area (Å²) in [5.41, 5.74) is 7.22. The average Bonchev–Trinajstić information content (AvgIpc) is 2.85. The van der Waals surface area contributed by atoms with Crippen LogP contribution in [0.5, 0.6) is 0 Å². The van der Waals surface area contributed by atoms with Crippen LogP contribution in [-0.4, -0.2) is 23.0 Å². The number of carbonyl (C=O) groups is 2. The highest BCUT2D eigenvalue weighted by Crippen LogP contribution is 2.45. The number of para-hydroxylation sites is 1. The van der Waals surface area contributed by atoms with Crippen LogP contribution in [0.2, 0.25) is 0 Å². The number of rotatable bonds is 2. The van der Waals surface area contributed by atoms with Gasteiger partial charge in [0.15, 0.2) is 0 Å². The van der Waals surface area contributed by atoms with Gasteiger partial charge in [0.2, 0.25) is 0 Å². The highest BCUT2D eigenvalue weighted by atomic mass is 16.4. The van der Waals surface area contributed by atoms with E-state index in [1.54, 1.807) is 12.1 Å². The molecule has 3 unspecified atom stereocenters. The van der Waals surface area contributed by atoms with Crippen LogP contribution in [0, 0.1) is 5.92 Å². The number of nitrogens with one attached hydrogen (secondary N) is 1. The Morgan fingerprint density at radius 3 is 2.84 bits per heavy atom. The van der Waals surface area contributed by atoms with Crippen molar-refractivity contribution in [2.45, 2.75) is 18.4 Å². The molecule has 5 heteroatoms. The minimum absolute atomic E-state index is 0.00636. The summed E-state index contributed by atoms with van der Waals surface area (Å²) in [5.74, 6) is -1.41. The highest BCUT2D eigenvalue weighted by molar-refractivity contribution is 6.00. The first-order valence-corrected chi connectivity index (χ1v) is 6.18. The molecule has 0 fully saturated rings. The summed E-state index contributed by atoms with van der Waals surface area (Å²) in [4.78, 5) is 22.8. The molecule has 0 saturated carbocycles. The van der Waals surface area contributed by atoms with Crippen molar-refractivity contribution in [3.8, 4) is 0 Å². The zero-order chi connectivity index (χ0) is 13.6. The predicted octanol–water partition coefficient (Wildman–Crippen LogP) is 1.32. The average molecular weight is 258 g/mol. The molecule has 19 heavy (non-hydrogen) atoms. The molecule has 0 spiro atoms. The molecule has 1 aliphatic carbocycles. The molecule has 4 N–H and O–H groups in total. The van der Waals surface area contributed by atoms with Gasteiger partial charge in [0.05, 0.1) is 11.3 Å². The summed E-state index contributed by atoms with van der Waals surface area (Å²) in [5, 5.41) is 12.3. The first-order chi connectivity index (χ1) is 9.09. The quantitative estimate of drug-likeness (QED) is 0.698. The van der Waals surface area contributed by atoms with Crippen LogP contribution in [0.15, 0.2) is 30.4 Å². The van der Waals surface area contributed by atoms with E-state index in [2.05, 4.69) is 5.32 Å². The van der Waals surface area contributed by atoms with Crippen molar-refractivity contribution in [2.24, 2.45) is 11.7 Å². The van der Waals surface area contributed by atoms with E-state index in [-0.39, 0.29) is 11.8 Å². The van der Waals surface area contributed by atoms with Crippen molar-refractivity contribution in [1.82, 2.24) is 0 Å². The van der Waals surface area contributed by atoms with Gasteiger partial charge < -0.3 is 16.2 Å². The number of allylic oxidation sites excluding steroid dienone is 2. The smallest absolute Gasteiger partial charge is 0.326 e. The van der Waals surface area contributed by atoms with Gasteiger partial charge in [0.25, 0.3) is 5.91 Å². The molecule has 1 aromatic rings. The van der Waals surface area contributed by atoms with Gasteiger partial charge in [-0.2, -0.15) is 0 Å². The standard InChI is InChI=1S/C14H14N2O3/c15-13(17)10-6-2-4-8-7-3-1-5-9(7)12(14(18)19)16-11(8)10/h1-4,6-7,9,12,16H,5H2,(H2,15,17)(H,18,19). The molecule has 0 bridgehead atoms. The lowest BCUT2D eigenvalue weighted by atomic mass is 9.78. The van der Waals surface area contributed by atoms with Crippen LogP contribution >= 0.6 is 0 Å². The van der Waals surface area contributed by atoms with Crippen LogP contribution in [0.3, 0.4) is 0 Å². The summed E-state index contributed by atoms with van der Waals surface area (Å²) >= 11 is 0. The van der Waals surface area contributed by atoms with Crippen molar-refractivity contribution in [3.05, 3.63) is 41.5 Å². The van der Waals surface area contributed by atoms with Gasteiger partial charge in [-0.05, 0) is 18.1 Å². The van der Waals surface area contributed by atoms with Crippen LogP contribution in [0.1, 0.15) is 28.3 Å². The number of carbonyl (C=O) groups excluding carboxylic acids is 1. The lowest BCUT2D eigenvalue weighted by molar-refractivity contribution is -0.139. The third kappa shape index (κ3) is 1.69. The Hall–Kier alpha value is -2.30. The molecule has 5 nitrogen and oxygen atoms in total. The molecule has 1 aromatic carbocycles. The van der Waals surface area contributed by atoms with Gasteiger partial charge in [0, 0.05) is 11.8 Å². The number of carboxylic acid groups (broad SMARTS) is 1. The number of carboxylic acids is 1. The molecule has 0 saturated heterocycles. The second-order valence-electron chi connectivity index (χ2n) is 4.95. The largest absolute Gasteiger partial charge is 0.480 e. The minimum Gasteiger partial charge on any atom is -0.480 e. The molecule has 2 aliphatic rings. The molecule has 1 amide bonds. The fourth-order valence-corrected chi connectivity index (χ4v) is 3.07.